The fraction of sp³-hybridized carbons (Fsp3) is 0.0625. The van der Waals surface area contributed by atoms with Crippen molar-refractivity contribution >= 4 is 76.1 Å². The molecule has 0 saturated heterocycles. The van der Waals surface area contributed by atoms with Crippen molar-refractivity contribution in [2.45, 2.75) is 17.1 Å². The Morgan fingerprint density at radius 1 is 0.767 bits per heavy atom. The number of aromatic carboxylic acids is 1. The molecule has 218 valence electrons. The highest BCUT2D eigenvalue weighted by Gasteiger charge is 2.18. The molecular weight excluding hydrogens is 609 g/mol. The summed E-state index contributed by atoms with van der Waals surface area (Å²) < 4.78 is 0. The molecule has 4 rings (SSSR count). The van der Waals surface area contributed by atoms with Gasteiger partial charge < -0.3 is 21.1 Å². The van der Waals surface area contributed by atoms with Gasteiger partial charge in [-0.2, -0.15) is 0 Å². The maximum atomic E-state index is 13.3. The number of anilines is 2. The molecule has 0 spiro atoms. The number of hydrogen-bond donors (Lipinski definition) is 4. The smallest absolute Gasteiger partial charge is 0.335 e. The summed E-state index contributed by atoms with van der Waals surface area (Å²) in [7, 11) is 0. The maximum absolute atomic E-state index is 13.3. The van der Waals surface area contributed by atoms with E-state index in [4.69, 9.17) is 28.3 Å². The van der Waals surface area contributed by atoms with Gasteiger partial charge in [0.2, 0.25) is 5.91 Å². The SMILES string of the molecule is CC(Sc1ccc(NC(=O)/C(=C/c2cccc(Cl)c2Cl)NC(=O)c2ccccc2)cc1)C(=O)Nc1ccc(C(=O)O)cc1. The predicted octanol–water partition coefficient (Wildman–Crippen LogP) is 7.22. The number of rotatable bonds is 10. The first kappa shape index (κ1) is 31.4. The van der Waals surface area contributed by atoms with E-state index in [9.17, 15) is 19.2 Å². The van der Waals surface area contributed by atoms with Crippen molar-refractivity contribution in [2.75, 3.05) is 10.6 Å². The van der Waals surface area contributed by atoms with Gasteiger partial charge in [-0.15, -0.1) is 11.8 Å². The van der Waals surface area contributed by atoms with Crippen LogP contribution in [0.15, 0.2) is 108 Å². The molecule has 0 fully saturated rings. The summed E-state index contributed by atoms with van der Waals surface area (Å²) in [6.07, 6.45) is 1.45. The Morgan fingerprint density at radius 3 is 2.05 bits per heavy atom. The fourth-order valence-electron chi connectivity index (χ4n) is 3.74. The average molecular weight is 635 g/mol. The van der Waals surface area contributed by atoms with Crippen molar-refractivity contribution in [3.63, 3.8) is 0 Å². The van der Waals surface area contributed by atoms with Gasteiger partial charge in [0.15, 0.2) is 0 Å². The average Bonchev–Trinajstić information content (AvgIpc) is 3.00. The highest BCUT2D eigenvalue weighted by Crippen LogP contribution is 2.28. The minimum Gasteiger partial charge on any atom is -0.478 e. The molecule has 0 aliphatic carbocycles. The standard InChI is InChI=1S/C32H25Cl2N3O5S/c1-19(29(38)35-23-12-10-21(11-13-23)32(41)42)43-25-16-14-24(15-17-25)36-31(40)27(18-22-8-5-9-26(33)28(22)34)37-30(39)20-6-3-2-4-7-20/h2-19H,1H3,(H,35,38)(H,36,40)(H,37,39)(H,41,42)/b27-18-. The van der Waals surface area contributed by atoms with Crippen LogP contribution in [0.2, 0.25) is 10.0 Å². The predicted molar refractivity (Wildman–Crippen MR) is 171 cm³/mol. The summed E-state index contributed by atoms with van der Waals surface area (Å²) >= 11 is 13.8. The summed E-state index contributed by atoms with van der Waals surface area (Å²) in [5.41, 5.74) is 1.85. The summed E-state index contributed by atoms with van der Waals surface area (Å²) in [6.45, 7) is 1.74. The fourth-order valence-corrected chi connectivity index (χ4v) is 4.97. The lowest BCUT2D eigenvalue weighted by atomic mass is 10.1. The third-order valence-electron chi connectivity index (χ3n) is 6.00. The van der Waals surface area contributed by atoms with Crippen molar-refractivity contribution in [1.29, 1.82) is 0 Å². The van der Waals surface area contributed by atoms with E-state index >= 15 is 0 Å². The van der Waals surface area contributed by atoms with Crippen molar-refractivity contribution in [3.05, 3.63) is 129 Å². The van der Waals surface area contributed by atoms with E-state index in [0.29, 0.717) is 27.5 Å². The molecule has 4 aromatic rings. The van der Waals surface area contributed by atoms with E-state index in [2.05, 4.69) is 16.0 Å². The molecule has 4 aromatic carbocycles. The Labute approximate surface area is 262 Å². The first-order valence-corrected chi connectivity index (χ1v) is 14.5. The Kier molecular flexibility index (Phi) is 10.6. The number of carbonyl (C=O) groups excluding carboxylic acids is 3. The summed E-state index contributed by atoms with van der Waals surface area (Å²) in [5.74, 6) is -2.36. The van der Waals surface area contributed by atoms with E-state index in [1.54, 1.807) is 79.7 Å². The zero-order valence-corrected chi connectivity index (χ0v) is 25.0. The van der Waals surface area contributed by atoms with Crippen LogP contribution in [0.4, 0.5) is 11.4 Å². The number of carboxylic acid groups (broad SMARTS) is 1. The van der Waals surface area contributed by atoms with Gasteiger partial charge >= 0.3 is 5.97 Å². The molecule has 0 aliphatic heterocycles. The Bertz CT molecular complexity index is 1680. The molecule has 1 unspecified atom stereocenters. The second-order valence-electron chi connectivity index (χ2n) is 9.13. The van der Waals surface area contributed by atoms with E-state index in [1.807, 2.05) is 0 Å². The van der Waals surface area contributed by atoms with Crippen LogP contribution in [-0.4, -0.2) is 34.0 Å². The number of halogens is 2. The maximum Gasteiger partial charge on any atom is 0.335 e. The number of thioether (sulfide) groups is 1. The first-order valence-electron chi connectivity index (χ1n) is 12.8. The van der Waals surface area contributed by atoms with Gasteiger partial charge in [-0.05, 0) is 85.3 Å². The Morgan fingerprint density at radius 2 is 1.40 bits per heavy atom. The first-order chi connectivity index (χ1) is 20.6. The van der Waals surface area contributed by atoms with Crippen LogP contribution in [0.1, 0.15) is 33.2 Å². The largest absolute Gasteiger partial charge is 0.478 e. The second-order valence-corrected chi connectivity index (χ2v) is 11.3. The number of benzene rings is 4. The van der Waals surface area contributed by atoms with Gasteiger partial charge in [0.05, 0.1) is 20.9 Å². The summed E-state index contributed by atoms with van der Waals surface area (Å²) in [5, 5.41) is 17.3. The molecule has 0 radical (unpaired) electrons. The molecule has 4 N–H and O–H groups in total. The van der Waals surface area contributed by atoms with Gasteiger partial charge in [-0.25, -0.2) is 4.79 Å². The third-order valence-corrected chi connectivity index (χ3v) is 7.95. The van der Waals surface area contributed by atoms with Gasteiger partial charge in [0, 0.05) is 21.8 Å². The van der Waals surface area contributed by atoms with Gasteiger partial charge in [0.1, 0.15) is 5.70 Å². The molecule has 43 heavy (non-hydrogen) atoms. The zero-order valence-electron chi connectivity index (χ0n) is 22.6. The van der Waals surface area contributed by atoms with Gasteiger partial charge in [0.25, 0.3) is 11.8 Å². The van der Waals surface area contributed by atoms with E-state index in [-0.39, 0.29) is 22.2 Å². The minimum atomic E-state index is -1.05. The van der Waals surface area contributed by atoms with Crippen molar-refractivity contribution in [2.24, 2.45) is 0 Å². The van der Waals surface area contributed by atoms with Crippen LogP contribution in [0.25, 0.3) is 6.08 Å². The van der Waals surface area contributed by atoms with Crippen molar-refractivity contribution in [3.8, 4) is 0 Å². The molecule has 0 bridgehead atoms. The minimum absolute atomic E-state index is 0.0434. The molecule has 3 amide bonds. The number of carbonyl (C=O) groups is 4. The Balaban J connectivity index is 1.43. The van der Waals surface area contributed by atoms with E-state index < -0.39 is 23.0 Å². The molecule has 11 heteroatoms. The Hall–Kier alpha value is -4.57. The number of hydrogen-bond acceptors (Lipinski definition) is 5. The molecule has 0 aromatic heterocycles. The monoisotopic (exact) mass is 633 g/mol. The molecular formula is C32H25Cl2N3O5S. The lowest BCUT2D eigenvalue weighted by Crippen LogP contribution is -2.30. The normalized spacial score (nSPS) is 11.7. The number of amides is 3. The highest BCUT2D eigenvalue weighted by atomic mass is 35.5. The lowest BCUT2D eigenvalue weighted by Gasteiger charge is -2.14. The quantitative estimate of drug-likeness (QED) is 0.108. The van der Waals surface area contributed by atoms with Crippen molar-refractivity contribution in [1.82, 2.24) is 5.32 Å². The van der Waals surface area contributed by atoms with Gasteiger partial charge in [-0.1, -0.05) is 53.5 Å². The van der Waals surface area contributed by atoms with E-state index in [1.165, 1.54) is 42.1 Å². The topological polar surface area (TPSA) is 125 Å². The number of carboxylic acids is 1. The van der Waals surface area contributed by atoms with Crippen LogP contribution in [0.5, 0.6) is 0 Å². The highest BCUT2D eigenvalue weighted by molar-refractivity contribution is 8.00. The third kappa shape index (κ3) is 8.71. The number of nitrogens with one attached hydrogen (secondary N) is 3. The summed E-state index contributed by atoms with van der Waals surface area (Å²) in [4.78, 5) is 50.6. The van der Waals surface area contributed by atoms with Crippen LogP contribution >= 0.6 is 35.0 Å². The molecule has 0 aliphatic rings. The van der Waals surface area contributed by atoms with Crippen molar-refractivity contribution < 1.29 is 24.3 Å². The molecule has 8 nitrogen and oxygen atoms in total. The van der Waals surface area contributed by atoms with Crippen LogP contribution in [0.3, 0.4) is 0 Å². The second kappa shape index (κ2) is 14.6. The molecule has 0 saturated carbocycles. The van der Waals surface area contributed by atoms with Gasteiger partial charge in [-0.3, -0.25) is 14.4 Å². The summed E-state index contributed by atoms with van der Waals surface area (Å²) in [6, 6.07) is 26.2. The zero-order chi connectivity index (χ0) is 30.9. The van der Waals surface area contributed by atoms with Crippen LogP contribution in [-0.2, 0) is 9.59 Å². The van der Waals surface area contributed by atoms with E-state index in [0.717, 1.165) is 4.90 Å². The van der Waals surface area contributed by atoms with Crippen LogP contribution < -0.4 is 16.0 Å². The molecule has 0 heterocycles. The lowest BCUT2D eigenvalue weighted by molar-refractivity contribution is -0.115. The van der Waals surface area contributed by atoms with Crippen LogP contribution in [0, 0.1) is 0 Å². The molecule has 1 atom stereocenters.